The van der Waals surface area contributed by atoms with Crippen molar-refractivity contribution in [3.8, 4) is 0 Å². The number of halogens is 1. The van der Waals surface area contributed by atoms with Crippen molar-refractivity contribution in [3.05, 3.63) is 165 Å². The summed E-state index contributed by atoms with van der Waals surface area (Å²) in [4.78, 5) is 52.3. The van der Waals surface area contributed by atoms with Crippen LogP contribution in [0.15, 0.2) is 142 Å². The molecule has 0 saturated carbocycles. The molecule has 0 aliphatic heterocycles. The Bertz CT molecular complexity index is 1970. The molecule has 1 unspecified atom stereocenters. The van der Waals surface area contributed by atoms with Crippen molar-refractivity contribution in [3.63, 3.8) is 0 Å². The molecular formula is C38H30BrN3O5S. The molecule has 0 aromatic heterocycles. The minimum atomic E-state index is -1.08. The van der Waals surface area contributed by atoms with Crippen molar-refractivity contribution < 1.29 is 24.3 Å². The Morgan fingerprint density at radius 2 is 1.40 bits per heavy atom. The van der Waals surface area contributed by atoms with Crippen LogP contribution in [0.1, 0.15) is 42.7 Å². The number of carboxylic acid groups (broad SMARTS) is 1. The molecule has 10 heteroatoms. The predicted molar refractivity (Wildman–Crippen MR) is 193 cm³/mol. The van der Waals surface area contributed by atoms with E-state index in [2.05, 4.69) is 31.9 Å². The van der Waals surface area contributed by atoms with E-state index in [1.54, 1.807) is 73.7 Å². The van der Waals surface area contributed by atoms with Gasteiger partial charge in [0.05, 0.1) is 5.56 Å². The number of carboxylic acids is 1. The number of aryl methyl sites for hydroxylation is 1. The zero-order chi connectivity index (χ0) is 34.0. The summed E-state index contributed by atoms with van der Waals surface area (Å²) in [6.45, 7) is 1.80. The molecule has 0 aliphatic rings. The van der Waals surface area contributed by atoms with Crippen LogP contribution in [0, 0.1) is 6.92 Å². The normalized spacial score (nSPS) is 11.7. The second kappa shape index (κ2) is 15.9. The van der Waals surface area contributed by atoms with Gasteiger partial charge in [-0.3, -0.25) is 14.4 Å². The molecule has 0 spiro atoms. The number of benzene rings is 5. The van der Waals surface area contributed by atoms with Gasteiger partial charge in [-0.1, -0.05) is 82.7 Å². The lowest BCUT2D eigenvalue weighted by Gasteiger charge is -2.18. The maximum Gasteiger partial charge on any atom is 0.335 e. The van der Waals surface area contributed by atoms with E-state index >= 15 is 0 Å². The summed E-state index contributed by atoms with van der Waals surface area (Å²) in [7, 11) is 0. The van der Waals surface area contributed by atoms with Crippen LogP contribution in [-0.2, 0) is 9.59 Å². The molecule has 3 amide bonds. The number of hydrogen-bond acceptors (Lipinski definition) is 5. The van der Waals surface area contributed by atoms with Gasteiger partial charge in [0, 0.05) is 26.3 Å². The molecule has 48 heavy (non-hydrogen) atoms. The lowest BCUT2D eigenvalue weighted by atomic mass is 10.1. The lowest BCUT2D eigenvalue weighted by molar-refractivity contribution is -0.116. The minimum Gasteiger partial charge on any atom is -0.478 e. The monoisotopic (exact) mass is 719 g/mol. The average Bonchev–Trinajstić information content (AvgIpc) is 3.10. The molecule has 0 aliphatic carbocycles. The highest BCUT2D eigenvalue weighted by atomic mass is 79.9. The zero-order valence-corrected chi connectivity index (χ0v) is 28.0. The third kappa shape index (κ3) is 9.09. The first-order valence-electron chi connectivity index (χ1n) is 14.8. The van der Waals surface area contributed by atoms with E-state index in [9.17, 15) is 24.3 Å². The van der Waals surface area contributed by atoms with E-state index in [-0.39, 0.29) is 17.2 Å². The Hall–Kier alpha value is -5.45. The second-order valence-electron chi connectivity index (χ2n) is 10.6. The third-order valence-corrected chi connectivity index (χ3v) is 8.95. The number of carbonyl (C=O) groups excluding carboxylic acids is 3. The van der Waals surface area contributed by atoms with E-state index in [0.29, 0.717) is 16.9 Å². The molecule has 5 aromatic carbocycles. The van der Waals surface area contributed by atoms with Gasteiger partial charge in [-0.2, -0.15) is 0 Å². The van der Waals surface area contributed by atoms with Crippen molar-refractivity contribution in [2.45, 2.75) is 17.1 Å². The van der Waals surface area contributed by atoms with Crippen LogP contribution in [0.3, 0.4) is 0 Å². The molecule has 1 atom stereocenters. The summed E-state index contributed by atoms with van der Waals surface area (Å²) < 4.78 is 0.881. The highest BCUT2D eigenvalue weighted by molar-refractivity contribution is 9.10. The first-order valence-corrected chi connectivity index (χ1v) is 16.4. The van der Waals surface area contributed by atoms with Crippen LogP contribution in [-0.4, -0.2) is 28.8 Å². The highest BCUT2D eigenvalue weighted by Crippen LogP contribution is 2.37. The minimum absolute atomic E-state index is 0.0627. The fourth-order valence-corrected chi connectivity index (χ4v) is 5.90. The SMILES string of the molecule is Cc1ccc(C(=O)O)cc1NC(=O)C(Sc1ccc(NC(=O)/C(=C/c2ccc(Br)cc2)NC(=O)c2ccccc2)cc1)c1ccccc1. The molecule has 0 saturated heterocycles. The summed E-state index contributed by atoms with van der Waals surface area (Å²) in [5.41, 5.74) is 3.68. The molecule has 5 rings (SSSR count). The van der Waals surface area contributed by atoms with E-state index < -0.39 is 23.0 Å². The first kappa shape index (κ1) is 33.9. The lowest BCUT2D eigenvalue weighted by Crippen LogP contribution is -2.30. The van der Waals surface area contributed by atoms with Crippen LogP contribution in [0.5, 0.6) is 0 Å². The number of nitrogens with one attached hydrogen (secondary N) is 3. The van der Waals surface area contributed by atoms with E-state index in [1.807, 2.05) is 54.6 Å². The van der Waals surface area contributed by atoms with Gasteiger partial charge in [0.1, 0.15) is 10.9 Å². The van der Waals surface area contributed by atoms with E-state index in [0.717, 1.165) is 26.1 Å². The van der Waals surface area contributed by atoms with Crippen molar-refractivity contribution >= 4 is 68.8 Å². The van der Waals surface area contributed by atoms with E-state index in [1.165, 1.54) is 23.9 Å². The number of aromatic carboxylic acids is 1. The molecule has 0 radical (unpaired) electrons. The smallest absolute Gasteiger partial charge is 0.335 e. The van der Waals surface area contributed by atoms with E-state index in [4.69, 9.17) is 0 Å². The highest BCUT2D eigenvalue weighted by Gasteiger charge is 2.23. The Labute approximate surface area is 290 Å². The van der Waals surface area contributed by atoms with Gasteiger partial charge in [-0.25, -0.2) is 4.79 Å². The number of thioether (sulfide) groups is 1. The number of anilines is 2. The Morgan fingerprint density at radius 1 is 0.750 bits per heavy atom. The predicted octanol–water partition coefficient (Wildman–Crippen LogP) is 8.34. The number of carbonyl (C=O) groups is 4. The molecule has 240 valence electrons. The summed E-state index contributed by atoms with van der Waals surface area (Å²) in [6.07, 6.45) is 1.60. The van der Waals surface area contributed by atoms with Gasteiger partial charge in [0.2, 0.25) is 5.91 Å². The summed E-state index contributed by atoms with van der Waals surface area (Å²) >= 11 is 4.72. The average molecular weight is 721 g/mol. The molecular weight excluding hydrogens is 690 g/mol. The van der Waals surface area contributed by atoms with Crippen LogP contribution in [0.2, 0.25) is 0 Å². The first-order chi connectivity index (χ1) is 23.2. The van der Waals surface area contributed by atoms with Gasteiger partial charge in [-0.15, -0.1) is 11.8 Å². The fourth-order valence-electron chi connectivity index (χ4n) is 4.61. The quantitative estimate of drug-likeness (QED) is 0.0804. The van der Waals surface area contributed by atoms with Gasteiger partial charge < -0.3 is 21.1 Å². The molecule has 4 N–H and O–H groups in total. The number of rotatable bonds is 11. The Balaban J connectivity index is 1.34. The van der Waals surface area contributed by atoms with Crippen molar-refractivity contribution in [2.75, 3.05) is 10.6 Å². The van der Waals surface area contributed by atoms with Gasteiger partial charge in [0.15, 0.2) is 0 Å². The summed E-state index contributed by atoms with van der Waals surface area (Å²) in [5.74, 6) is -2.33. The van der Waals surface area contributed by atoms with Gasteiger partial charge >= 0.3 is 5.97 Å². The van der Waals surface area contributed by atoms with Crippen LogP contribution < -0.4 is 16.0 Å². The van der Waals surface area contributed by atoms with Crippen molar-refractivity contribution in [1.29, 1.82) is 0 Å². The van der Waals surface area contributed by atoms with Crippen LogP contribution in [0.4, 0.5) is 11.4 Å². The van der Waals surface area contributed by atoms with Crippen LogP contribution >= 0.6 is 27.7 Å². The zero-order valence-electron chi connectivity index (χ0n) is 25.6. The maximum absolute atomic E-state index is 13.6. The molecule has 0 heterocycles. The fraction of sp³-hybridized carbons (Fsp3) is 0.0526. The third-order valence-electron chi connectivity index (χ3n) is 7.16. The summed E-state index contributed by atoms with van der Waals surface area (Å²) in [5, 5.41) is 17.2. The van der Waals surface area contributed by atoms with Gasteiger partial charge in [0.25, 0.3) is 11.8 Å². The molecule has 8 nitrogen and oxygen atoms in total. The maximum atomic E-state index is 13.6. The number of hydrogen-bond donors (Lipinski definition) is 4. The Morgan fingerprint density at radius 3 is 2.04 bits per heavy atom. The second-order valence-corrected chi connectivity index (χ2v) is 12.7. The van der Waals surface area contributed by atoms with Crippen LogP contribution in [0.25, 0.3) is 6.08 Å². The molecule has 5 aromatic rings. The van der Waals surface area contributed by atoms with Crippen molar-refractivity contribution in [1.82, 2.24) is 5.32 Å². The standard InChI is InChI=1S/C38H30BrN3O5S/c1-24-12-15-28(38(46)47)23-32(24)41-37(45)34(26-8-4-2-5-9-26)48-31-20-18-30(19-21-31)40-36(44)33(22-25-13-16-29(39)17-14-25)42-35(43)27-10-6-3-7-11-27/h2-23,34H,1H3,(H,40,44)(H,41,45)(H,42,43)(H,46,47)/b33-22-. The number of amides is 3. The topological polar surface area (TPSA) is 125 Å². The van der Waals surface area contributed by atoms with Crippen molar-refractivity contribution in [2.24, 2.45) is 0 Å². The largest absolute Gasteiger partial charge is 0.478 e. The Kier molecular flexibility index (Phi) is 11.2. The molecule has 0 fully saturated rings. The molecule has 0 bridgehead atoms. The van der Waals surface area contributed by atoms with Gasteiger partial charge in [-0.05, 0) is 90.4 Å². The summed E-state index contributed by atoms with van der Waals surface area (Å²) in [6, 6.07) is 36.8.